The number of hydrogen-bond donors (Lipinski definition) is 1. The summed E-state index contributed by atoms with van der Waals surface area (Å²) >= 11 is 6.09. The molecule has 6 heteroatoms. The second kappa shape index (κ2) is 6.49. The second-order valence-electron chi connectivity index (χ2n) is 6.49. The molecule has 23 heavy (non-hydrogen) atoms. The van der Waals surface area contributed by atoms with Crippen molar-refractivity contribution in [3.05, 3.63) is 34.9 Å². The van der Waals surface area contributed by atoms with Crippen LogP contribution in [-0.4, -0.2) is 48.3 Å². The molecule has 0 radical (unpaired) electrons. The van der Waals surface area contributed by atoms with E-state index in [0.29, 0.717) is 24.0 Å². The first kappa shape index (κ1) is 16.3. The maximum Gasteiger partial charge on any atom is 0.228 e. The molecule has 0 aromatic heterocycles. The predicted octanol–water partition coefficient (Wildman–Crippen LogP) is 1.67. The SMILES string of the molecule is CN1C(=O)C[C@H](C(=O)N2CC[C@H](CN)C2)[C@H]1c1cccc(Cl)c1. The zero-order valence-electron chi connectivity index (χ0n) is 13.2. The third-order valence-corrected chi connectivity index (χ3v) is 5.26. The normalized spacial score (nSPS) is 27.8. The van der Waals surface area contributed by atoms with Crippen LogP contribution >= 0.6 is 11.6 Å². The van der Waals surface area contributed by atoms with E-state index in [0.717, 1.165) is 18.5 Å². The maximum absolute atomic E-state index is 12.9. The lowest BCUT2D eigenvalue weighted by Crippen LogP contribution is -2.37. The summed E-state index contributed by atoms with van der Waals surface area (Å²) in [5, 5.41) is 0.616. The molecule has 0 unspecified atom stereocenters. The van der Waals surface area contributed by atoms with E-state index >= 15 is 0 Å². The summed E-state index contributed by atoms with van der Waals surface area (Å²) in [5.41, 5.74) is 6.63. The van der Waals surface area contributed by atoms with Gasteiger partial charge in [0.2, 0.25) is 11.8 Å². The van der Waals surface area contributed by atoms with E-state index in [1.807, 2.05) is 23.1 Å². The van der Waals surface area contributed by atoms with Crippen LogP contribution in [0.25, 0.3) is 0 Å². The van der Waals surface area contributed by atoms with Crippen molar-refractivity contribution in [1.29, 1.82) is 0 Å². The van der Waals surface area contributed by atoms with Crippen molar-refractivity contribution in [2.45, 2.75) is 18.9 Å². The summed E-state index contributed by atoms with van der Waals surface area (Å²) in [7, 11) is 1.76. The molecule has 3 atom stereocenters. The number of carbonyl (C=O) groups excluding carboxylic acids is 2. The van der Waals surface area contributed by atoms with Gasteiger partial charge in [-0.1, -0.05) is 23.7 Å². The zero-order valence-corrected chi connectivity index (χ0v) is 14.0. The highest BCUT2D eigenvalue weighted by atomic mass is 35.5. The largest absolute Gasteiger partial charge is 0.342 e. The molecule has 1 aromatic rings. The average Bonchev–Trinajstić information content (AvgIpc) is 3.12. The van der Waals surface area contributed by atoms with E-state index in [2.05, 4.69) is 0 Å². The van der Waals surface area contributed by atoms with E-state index in [9.17, 15) is 9.59 Å². The Morgan fingerprint density at radius 3 is 2.87 bits per heavy atom. The number of hydrogen-bond acceptors (Lipinski definition) is 3. The topological polar surface area (TPSA) is 66.6 Å². The molecule has 2 fully saturated rings. The quantitative estimate of drug-likeness (QED) is 0.913. The monoisotopic (exact) mass is 335 g/mol. The van der Waals surface area contributed by atoms with Crippen LogP contribution in [0, 0.1) is 11.8 Å². The summed E-state index contributed by atoms with van der Waals surface area (Å²) in [4.78, 5) is 28.7. The van der Waals surface area contributed by atoms with Crippen LogP contribution in [0.1, 0.15) is 24.4 Å². The number of amides is 2. The molecule has 0 saturated carbocycles. The number of benzene rings is 1. The molecular weight excluding hydrogens is 314 g/mol. The number of likely N-dealkylation sites (tertiary alicyclic amines) is 2. The number of halogens is 1. The van der Waals surface area contributed by atoms with Crippen LogP contribution in [0.5, 0.6) is 0 Å². The molecule has 2 amide bonds. The maximum atomic E-state index is 12.9. The van der Waals surface area contributed by atoms with Gasteiger partial charge in [0.15, 0.2) is 0 Å². The van der Waals surface area contributed by atoms with Crippen molar-refractivity contribution in [2.75, 3.05) is 26.7 Å². The number of nitrogens with zero attached hydrogens (tertiary/aromatic N) is 2. The van der Waals surface area contributed by atoms with Gasteiger partial charge in [-0.05, 0) is 36.6 Å². The molecule has 124 valence electrons. The van der Waals surface area contributed by atoms with Crippen LogP contribution < -0.4 is 5.73 Å². The first-order chi connectivity index (χ1) is 11.0. The first-order valence-corrected chi connectivity index (χ1v) is 8.39. The fraction of sp³-hybridized carbons (Fsp3) is 0.529. The van der Waals surface area contributed by atoms with Crippen LogP contribution in [0.4, 0.5) is 0 Å². The lowest BCUT2D eigenvalue weighted by molar-refractivity contribution is -0.135. The minimum absolute atomic E-state index is 0.00268. The Morgan fingerprint density at radius 2 is 2.22 bits per heavy atom. The molecule has 0 spiro atoms. The van der Waals surface area contributed by atoms with Gasteiger partial charge in [0.25, 0.3) is 0 Å². The first-order valence-electron chi connectivity index (χ1n) is 8.01. The van der Waals surface area contributed by atoms with Gasteiger partial charge >= 0.3 is 0 Å². The molecule has 1 aromatic carbocycles. The predicted molar refractivity (Wildman–Crippen MR) is 88.8 cm³/mol. The van der Waals surface area contributed by atoms with Gasteiger partial charge in [-0.3, -0.25) is 9.59 Å². The Labute approximate surface area is 141 Å². The van der Waals surface area contributed by atoms with Crippen LogP contribution in [0.2, 0.25) is 5.02 Å². The minimum atomic E-state index is -0.345. The van der Waals surface area contributed by atoms with Gasteiger partial charge in [-0.2, -0.15) is 0 Å². The average molecular weight is 336 g/mol. The Balaban J connectivity index is 1.85. The van der Waals surface area contributed by atoms with E-state index in [1.165, 1.54) is 0 Å². The van der Waals surface area contributed by atoms with Crippen molar-refractivity contribution in [3.8, 4) is 0 Å². The molecule has 0 bridgehead atoms. The molecule has 2 saturated heterocycles. The van der Waals surface area contributed by atoms with E-state index in [4.69, 9.17) is 17.3 Å². The van der Waals surface area contributed by atoms with Gasteiger partial charge in [0, 0.05) is 31.6 Å². The van der Waals surface area contributed by atoms with Crippen LogP contribution in [-0.2, 0) is 9.59 Å². The highest BCUT2D eigenvalue weighted by Crippen LogP contribution is 2.39. The van der Waals surface area contributed by atoms with Crippen LogP contribution in [0.3, 0.4) is 0 Å². The fourth-order valence-corrected chi connectivity index (χ4v) is 3.90. The lowest BCUT2D eigenvalue weighted by Gasteiger charge is -2.28. The van der Waals surface area contributed by atoms with Gasteiger partial charge in [-0.15, -0.1) is 0 Å². The standard InChI is InChI=1S/C17H22ClN3O2/c1-20-15(22)8-14(16(20)12-3-2-4-13(18)7-12)17(23)21-6-5-11(9-19)10-21/h2-4,7,11,14,16H,5-6,8-10,19H2,1H3/t11-,14+,16-/m1/s1. The van der Waals surface area contributed by atoms with Gasteiger partial charge in [-0.25, -0.2) is 0 Å². The van der Waals surface area contributed by atoms with E-state index < -0.39 is 0 Å². The number of carbonyl (C=O) groups is 2. The van der Waals surface area contributed by atoms with Gasteiger partial charge in [0.05, 0.1) is 12.0 Å². The highest BCUT2D eigenvalue weighted by Gasteiger charge is 2.45. The van der Waals surface area contributed by atoms with Crippen molar-refractivity contribution >= 4 is 23.4 Å². The zero-order chi connectivity index (χ0) is 16.6. The molecule has 2 aliphatic rings. The van der Waals surface area contributed by atoms with E-state index in [-0.39, 0.29) is 30.2 Å². The second-order valence-corrected chi connectivity index (χ2v) is 6.93. The van der Waals surface area contributed by atoms with Crippen molar-refractivity contribution in [1.82, 2.24) is 9.80 Å². The summed E-state index contributed by atoms with van der Waals surface area (Å²) in [5.74, 6) is 0.0902. The lowest BCUT2D eigenvalue weighted by atomic mass is 9.92. The molecule has 2 heterocycles. The number of rotatable bonds is 3. The molecule has 5 nitrogen and oxygen atoms in total. The van der Waals surface area contributed by atoms with Crippen molar-refractivity contribution < 1.29 is 9.59 Å². The molecule has 3 rings (SSSR count). The number of nitrogens with two attached hydrogens (primary N) is 1. The van der Waals surface area contributed by atoms with Crippen molar-refractivity contribution in [3.63, 3.8) is 0 Å². The molecular formula is C17H22ClN3O2. The van der Waals surface area contributed by atoms with E-state index in [1.54, 1.807) is 18.0 Å². The third-order valence-electron chi connectivity index (χ3n) is 5.02. The third kappa shape index (κ3) is 3.08. The molecule has 2 aliphatic heterocycles. The fourth-order valence-electron chi connectivity index (χ4n) is 3.70. The summed E-state index contributed by atoms with van der Waals surface area (Å²) in [6, 6.07) is 7.18. The smallest absolute Gasteiger partial charge is 0.228 e. The summed E-state index contributed by atoms with van der Waals surface area (Å²) in [6.45, 7) is 2.04. The Morgan fingerprint density at radius 1 is 1.43 bits per heavy atom. The molecule has 2 N–H and O–H groups in total. The highest BCUT2D eigenvalue weighted by molar-refractivity contribution is 6.30. The van der Waals surface area contributed by atoms with Gasteiger partial charge in [0.1, 0.15) is 0 Å². The van der Waals surface area contributed by atoms with Crippen LogP contribution in [0.15, 0.2) is 24.3 Å². The summed E-state index contributed by atoms with van der Waals surface area (Å²) < 4.78 is 0. The Bertz CT molecular complexity index is 622. The van der Waals surface area contributed by atoms with Crippen molar-refractivity contribution in [2.24, 2.45) is 17.6 Å². The Kier molecular flexibility index (Phi) is 4.60. The minimum Gasteiger partial charge on any atom is -0.342 e. The Hall–Kier alpha value is -1.59. The molecule has 0 aliphatic carbocycles. The summed E-state index contributed by atoms with van der Waals surface area (Å²) in [6.07, 6.45) is 1.21. The van der Waals surface area contributed by atoms with Gasteiger partial charge < -0.3 is 15.5 Å².